The van der Waals surface area contributed by atoms with Gasteiger partial charge in [0.05, 0.1) is 6.21 Å². The van der Waals surface area contributed by atoms with Crippen LogP contribution in [0.1, 0.15) is 22.8 Å². The maximum Gasteiger partial charge on any atom is 0.273 e. The van der Waals surface area contributed by atoms with E-state index in [0.717, 1.165) is 22.4 Å². The van der Waals surface area contributed by atoms with Crippen LogP contribution in [0.2, 0.25) is 0 Å². The molecule has 2 N–H and O–H groups in total. The molecule has 32 heavy (non-hydrogen) atoms. The standard InChI is InChI=1S/C25H25N3O4/c1-18-8-12-21(13-9-18)27-23(29)17-32-22-14-10-19(11-15-22)16-26-28-25(30)24(31-2)20-6-4-3-5-7-20/h3-16,24H,17H2,1-2H3,(H,27,29)(H,28,30)/b26-16-/t24-/m1/s1. The minimum Gasteiger partial charge on any atom is -0.484 e. The van der Waals surface area contributed by atoms with Crippen LogP contribution in [0.15, 0.2) is 84.0 Å². The van der Waals surface area contributed by atoms with Gasteiger partial charge in [-0.3, -0.25) is 9.59 Å². The van der Waals surface area contributed by atoms with Crippen LogP contribution in [0.4, 0.5) is 5.69 Å². The molecule has 0 aliphatic heterocycles. The lowest BCUT2D eigenvalue weighted by Gasteiger charge is -2.13. The molecule has 0 radical (unpaired) electrons. The van der Waals surface area contributed by atoms with Crippen molar-refractivity contribution in [2.45, 2.75) is 13.0 Å². The molecular formula is C25H25N3O4. The van der Waals surface area contributed by atoms with Gasteiger partial charge in [0.2, 0.25) is 0 Å². The third-order valence-corrected chi connectivity index (χ3v) is 4.55. The number of carbonyl (C=O) groups excluding carboxylic acids is 2. The van der Waals surface area contributed by atoms with E-state index in [9.17, 15) is 9.59 Å². The van der Waals surface area contributed by atoms with Crippen molar-refractivity contribution in [2.75, 3.05) is 19.0 Å². The lowest BCUT2D eigenvalue weighted by atomic mass is 10.1. The first-order valence-electron chi connectivity index (χ1n) is 10.0. The molecule has 3 aromatic rings. The van der Waals surface area contributed by atoms with Crippen molar-refractivity contribution in [2.24, 2.45) is 5.10 Å². The minimum atomic E-state index is -0.741. The van der Waals surface area contributed by atoms with Crippen LogP contribution in [-0.2, 0) is 14.3 Å². The highest BCUT2D eigenvalue weighted by atomic mass is 16.5. The third kappa shape index (κ3) is 6.78. The molecule has 2 amide bonds. The summed E-state index contributed by atoms with van der Waals surface area (Å²) in [6.07, 6.45) is 0.777. The Labute approximate surface area is 187 Å². The predicted octanol–water partition coefficient (Wildman–Crippen LogP) is 3.85. The van der Waals surface area contributed by atoms with Gasteiger partial charge in [-0.15, -0.1) is 0 Å². The SMILES string of the molecule is CO[C@@H](C(=O)N/N=C\c1ccc(OCC(=O)Nc2ccc(C)cc2)cc1)c1ccccc1. The normalized spacial score (nSPS) is 11.7. The summed E-state index contributed by atoms with van der Waals surface area (Å²) in [5.41, 5.74) is 5.83. The maximum atomic E-state index is 12.3. The first-order valence-corrected chi connectivity index (χ1v) is 10.0. The molecule has 7 heteroatoms. The second-order valence-corrected chi connectivity index (χ2v) is 7.03. The number of nitrogens with zero attached hydrogens (tertiary/aromatic N) is 1. The van der Waals surface area contributed by atoms with Crippen LogP contribution in [-0.4, -0.2) is 31.7 Å². The van der Waals surface area contributed by atoms with Crippen LogP contribution in [0.5, 0.6) is 5.75 Å². The molecule has 0 aliphatic rings. The molecule has 0 spiro atoms. The van der Waals surface area contributed by atoms with E-state index in [-0.39, 0.29) is 18.4 Å². The van der Waals surface area contributed by atoms with Crippen LogP contribution in [0, 0.1) is 6.92 Å². The Kier molecular flexibility index (Phi) is 8.11. The quantitative estimate of drug-likeness (QED) is 0.398. The van der Waals surface area contributed by atoms with Crippen LogP contribution in [0.25, 0.3) is 0 Å². The number of hydrogen-bond acceptors (Lipinski definition) is 5. The number of anilines is 1. The Bertz CT molecular complexity index is 1050. The first-order chi connectivity index (χ1) is 15.5. The van der Waals surface area contributed by atoms with Crippen LogP contribution in [0.3, 0.4) is 0 Å². The van der Waals surface area contributed by atoms with Gasteiger partial charge >= 0.3 is 0 Å². The molecule has 0 heterocycles. The summed E-state index contributed by atoms with van der Waals surface area (Å²) >= 11 is 0. The van der Waals surface area contributed by atoms with Crippen molar-refractivity contribution in [3.63, 3.8) is 0 Å². The second-order valence-electron chi connectivity index (χ2n) is 7.03. The molecule has 1 atom stereocenters. The fraction of sp³-hybridized carbons (Fsp3) is 0.160. The number of carbonyl (C=O) groups is 2. The Hall–Kier alpha value is -3.97. The molecule has 3 aromatic carbocycles. The molecule has 164 valence electrons. The minimum absolute atomic E-state index is 0.102. The highest BCUT2D eigenvalue weighted by Crippen LogP contribution is 2.16. The molecule has 0 unspecified atom stereocenters. The Morgan fingerprint density at radius 1 is 0.969 bits per heavy atom. The van der Waals surface area contributed by atoms with Crippen molar-refractivity contribution < 1.29 is 19.1 Å². The predicted molar refractivity (Wildman–Crippen MR) is 124 cm³/mol. The molecule has 0 saturated heterocycles. The first kappa shape index (κ1) is 22.7. The van der Waals surface area contributed by atoms with E-state index >= 15 is 0 Å². The lowest BCUT2D eigenvalue weighted by Crippen LogP contribution is -2.26. The number of amides is 2. The van der Waals surface area contributed by atoms with E-state index in [1.54, 1.807) is 24.3 Å². The van der Waals surface area contributed by atoms with E-state index < -0.39 is 6.10 Å². The average molecular weight is 431 g/mol. The molecule has 0 aromatic heterocycles. The van der Waals surface area contributed by atoms with Crippen molar-refractivity contribution >= 4 is 23.7 Å². The van der Waals surface area contributed by atoms with Gasteiger partial charge < -0.3 is 14.8 Å². The van der Waals surface area contributed by atoms with Crippen LogP contribution >= 0.6 is 0 Å². The third-order valence-electron chi connectivity index (χ3n) is 4.55. The summed E-state index contributed by atoms with van der Waals surface area (Å²) < 4.78 is 10.8. The van der Waals surface area contributed by atoms with E-state index in [4.69, 9.17) is 9.47 Å². The number of hydrazone groups is 1. The van der Waals surface area contributed by atoms with E-state index in [2.05, 4.69) is 15.8 Å². The van der Waals surface area contributed by atoms with Crippen molar-refractivity contribution in [3.05, 3.63) is 95.6 Å². The zero-order valence-corrected chi connectivity index (χ0v) is 17.9. The van der Waals surface area contributed by atoms with Gasteiger partial charge in [-0.25, -0.2) is 5.43 Å². The largest absolute Gasteiger partial charge is 0.484 e. The van der Waals surface area contributed by atoms with E-state index in [0.29, 0.717) is 5.75 Å². The summed E-state index contributed by atoms with van der Waals surface area (Å²) in [7, 11) is 1.47. The van der Waals surface area contributed by atoms with Gasteiger partial charge in [0.1, 0.15) is 5.75 Å². The zero-order valence-electron chi connectivity index (χ0n) is 17.9. The highest BCUT2D eigenvalue weighted by molar-refractivity contribution is 5.91. The van der Waals surface area contributed by atoms with Gasteiger partial charge in [-0.1, -0.05) is 48.0 Å². The second kappa shape index (κ2) is 11.4. The number of benzene rings is 3. The Morgan fingerprint density at radius 3 is 2.31 bits per heavy atom. The lowest BCUT2D eigenvalue weighted by molar-refractivity contribution is -0.131. The summed E-state index contributed by atoms with van der Waals surface area (Å²) in [4.78, 5) is 24.3. The molecular weight excluding hydrogens is 406 g/mol. The van der Waals surface area contributed by atoms with Gasteiger partial charge in [-0.2, -0.15) is 5.10 Å². The average Bonchev–Trinajstić information content (AvgIpc) is 2.81. The zero-order chi connectivity index (χ0) is 22.8. The molecule has 7 nitrogen and oxygen atoms in total. The van der Waals surface area contributed by atoms with Crippen LogP contribution < -0.4 is 15.5 Å². The highest BCUT2D eigenvalue weighted by Gasteiger charge is 2.19. The molecule has 0 fully saturated rings. The number of methoxy groups -OCH3 is 1. The van der Waals surface area contributed by atoms with Crippen molar-refractivity contribution in [1.82, 2.24) is 5.43 Å². The maximum absolute atomic E-state index is 12.3. The molecule has 0 saturated carbocycles. The number of rotatable bonds is 9. The fourth-order valence-electron chi connectivity index (χ4n) is 2.88. The van der Waals surface area contributed by atoms with Gasteiger partial charge in [0, 0.05) is 12.8 Å². The monoisotopic (exact) mass is 431 g/mol. The summed E-state index contributed by atoms with van der Waals surface area (Å²) in [5.74, 6) is -0.0587. The Morgan fingerprint density at radius 2 is 1.66 bits per heavy atom. The van der Waals surface area contributed by atoms with Gasteiger partial charge in [0.15, 0.2) is 12.7 Å². The molecule has 0 bridgehead atoms. The van der Waals surface area contributed by atoms with Gasteiger partial charge in [0.25, 0.3) is 11.8 Å². The Balaban J connectivity index is 1.46. The number of ether oxygens (including phenoxy) is 2. The fourth-order valence-corrected chi connectivity index (χ4v) is 2.88. The van der Waals surface area contributed by atoms with E-state index in [1.165, 1.54) is 13.3 Å². The number of hydrogen-bond donors (Lipinski definition) is 2. The summed E-state index contributed by atoms with van der Waals surface area (Å²) in [5, 5.41) is 6.76. The summed E-state index contributed by atoms with van der Waals surface area (Å²) in [6, 6.07) is 23.7. The van der Waals surface area contributed by atoms with Crippen molar-refractivity contribution in [1.29, 1.82) is 0 Å². The van der Waals surface area contributed by atoms with E-state index in [1.807, 2.05) is 61.5 Å². The molecule has 0 aliphatic carbocycles. The summed E-state index contributed by atoms with van der Waals surface area (Å²) in [6.45, 7) is 1.88. The topological polar surface area (TPSA) is 89.0 Å². The van der Waals surface area contributed by atoms with Crippen molar-refractivity contribution in [3.8, 4) is 5.75 Å². The van der Waals surface area contributed by atoms with Gasteiger partial charge in [-0.05, 0) is 54.4 Å². The molecule has 3 rings (SSSR count). The number of aryl methyl sites for hydroxylation is 1. The number of nitrogens with one attached hydrogen (secondary N) is 2. The smallest absolute Gasteiger partial charge is 0.273 e.